The van der Waals surface area contributed by atoms with E-state index in [0.29, 0.717) is 5.69 Å². The van der Waals surface area contributed by atoms with Gasteiger partial charge < -0.3 is 10.1 Å². The third kappa shape index (κ3) is 6.46. The van der Waals surface area contributed by atoms with Gasteiger partial charge in [-0.05, 0) is 54.9 Å². The topological polar surface area (TPSA) is 92.8 Å². The number of carbonyl (C=O) groups is 4. The fraction of sp³-hybridized carbons (Fsp3) is 0.250. The molecule has 1 fully saturated rings. The molecule has 1 aliphatic rings. The van der Waals surface area contributed by atoms with Crippen molar-refractivity contribution in [1.29, 1.82) is 0 Å². The summed E-state index contributed by atoms with van der Waals surface area (Å²) < 4.78 is 5.17. The van der Waals surface area contributed by atoms with Gasteiger partial charge in [-0.1, -0.05) is 54.8 Å². The molecule has 3 amide bonds. The largest absolute Gasteiger partial charge is 0.462 e. The van der Waals surface area contributed by atoms with E-state index in [1.54, 1.807) is 6.08 Å². The number of aryl methyl sites for hydroxylation is 1. The zero-order chi connectivity index (χ0) is 24.0. The van der Waals surface area contributed by atoms with Crippen molar-refractivity contribution in [2.24, 2.45) is 0 Å². The number of amides is 3. The van der Waals surface area contributed by atoms with Gasteiger partial charge in [-0.25, -0.2) is 4.79 Å². The monoisotopic (exact) mass is 486 g/mol. The van der Waals surface area contributed by atoms with E-state index < -0.39 is 29.6 Å². The minimum absolute atomic E-state index is 0.123. The van der Waals surface area contributed by atoms with Crippen molar-refractivity contribution in [3.63, 3.8) is 0 Å². The molecule has 0 unspecified atom stereocenters. The van der Waals surface area contributed by atoms with Crippen LogP contribution in [-0.4, -0.2) is 41.1 Å². The lowest BCUT2D eigenvalue weighted by Gasteiger charge is -2.13. The number of esters is 1. The Balaban J connectivity index is 1.65. The highest BCUT2D eigenvalue weighted by Crippen LogP contribution is 2.32. The molecule has 1 aliphatic heterocycles. The second kappa shape index (κ2) is 11.2. The zero-order valence-electron chi connectivity index (χ0n) is 18.2. The molecule has 172 valence electrons. The smallest absolute Gasteiger partial charge is 0.339 e. The van der Waals surface area contributed by atoms with Crippen LogP contribution in [0.1, 0.15) is 41.3 Å². The molecule has 0 aromatic heterocycles. The van der Waals surface area contributed by atoms with Crippen LogP contribution in [0.15, 0.2) is 47.4 Å². The number of imide groups is 1. The van der Waals surface area contributed by atoms with Crippen molar-refractivity contribution < 1.29 is 23.9 Å². The highest BCUT2D eigenvalue weighted by molar-refractivity contribution is 8.18. The van der Waals surface area contributed by atoms with E-state index in [0.717, 1.165) is 40.6 Å². The standard InChI is InChI=1S/C24H23ClN2O5S/c1-3-4-11-32-23(30)18-13-17(9-10-19(18)25)26-21(28)14-27-22(29)20(33-24(27)31)12-16-7-5-15(2)6-8-16/h5-10,12-13H,3-4,11,14H2,1-2H3,(H,26,28)/b20-12+. The van der Waals surface area contributed by atoms with Gasteiger partial charge in [0, 0.05) is 5.69 Å². The molecular formula is C24H23ClN2O5S. The van der Waals surface area contributed by atoms with Gasteiger partial charge >= 0.3 is 5.97 Å². The molecule has 0 radical (unpaired) electrons. The van der Waals surface area contributed by atoms with Crippen molar-refractivity contribution in [3.05, 3.63) is 69.1 Å². The molecule has 0 aliphatic carbocycles. The third-order valence-corrected chi connectivity index (χ3v) is 5.99. The normalized spacial score (nSPS) is 14.6. The third-order valence-electron chi connectivity index (χ3n) is 4.75. The van der Waals surface area contributed by atoms with Crippen LogP contribution >= 0.6 is 23.4 Å². The average molecular weight is 487 g/mol. The number of ether oxygens (including phenoxy) is 1. The predicted molar refractivity (Wildman–Crippen MR) is 129 cm³/mol. The number of thioether (sulfide) groups is 1. The summed E-state index contributed by atoms with van der Waals surface area (Å²) in [6.45, 7) is 3.76. The van der Waals surface area contributed by atoms with Crippen molar-refractivity contribution in [3.8, 4) is 0 Å². The number of unbranched alkanes of at least 4 members (excludes halogenated alkanes) is 1. The lowest BCUT2D eigenvalue weighted by molar-refractivity contribution is -0.127. The van der Waals surface area contributed by atoms with Crippen LogP contribution in [0, 0.1) is 6.92 Å². The van der Waals surface area contributed by atoms with Gasteiger partial charge in [-0.2, -0.15) is 0 Å². The van der Waals surface area contributed by atoms with Crippen molar-refractivity contribution in [1.82, 2.24) is 4.90 Å². The molecule has 7 nitrogen and oxygen atoms in total. The Morgan fingerprint density at radius 3 is 2.58 bits per heavy atom. The average Bonchev–Trinajstić information content (AvgIpc) is 3.04. The molecule has 1 N–H and O–H groups in total. The number of nitrogens with one attached hydrogen (secondary N) is 1. The molecule has 1 heterocycles. The quantitative estimate of drug-likeness (QED) is 0.310. The maximum absolute atomic E-state index is 12.6. The van der Waals surface area contributed by atoms with Crippen LogP contribution in [0.5, 0.6) is 0 Å². The highest BCUT2D eigenvalue weighted by atomic mass is 35.5. The van der Waals surface area contributed by atoms with Gasteiger partial charge in [-0.15, -0.1) is 0 Å². The number of rotatable bonds is 8. The number of anilines is 1. The van der Waals surface area contributed by atoms with Gasteiger partial charge in [0.1, 0.15) is 6.54 Å². The van der Waals surface area contributed by atoms with E-state index in [4.69, 9.17) is 16.3 Å². The molecule has 9 heteroatoms. The molecule has 2 aromatic carbocycles. The molecule has 1 saturated heterocycles. The summed E-state index contributed by atoms with van der Waals surface area (Å²) in [5.41, 5.74) is 2.29. The van der Waals surface area contributed by atoms with Crippen LogP contribution in [0.3, 0.4) is 0 Å². The number of carbonyl (C=O) groups excluding carboxylic acids is 4. The zero-order valence-corrected chi connectivity index (χ0v) is 19.8. The molecular weight excluding hydrogens is 464 g/mol. The number of hydrogen-bond donors (Lipinski definition) is 1. The fourth-order valence-corrected chi connectivity index (χ4v) is 3.97. The Bertz CT molecular complexity index is 1110. The minimum Gasteiger partial charge on any atom is -0.462 e. The van der Waals surface area contributed by atoms with Gasteiger partial charge in [0.2, 0.25) is 5.91 Å². The van der Waals surface area contributed by atoms with Gasteiger partial charge in [-0.3, -0.25) is 19.3 Å². The van der Waals surface area contributed by atoms with Gasteiger partial charge in [0.05, 0.1) is 22.1 Å². The molecule has 0 bridgehead atoms. The van der Waals surface area contributed by atoms with Crippen LogP contribution in [-0.2, 0) is 14.3 Å². The molecule has 0 atom stereocenters. The Morgan fingerprint density at radius 1 is 1.15 bits per heavy atom. The number of halogens is 1. The number of hydrogen-bond acceptors (Lipinski definition) is 6. The van der Waals surface area contributed by atoms with E-state index in [1.165, 1.54) is 18.2 Å². The van der Waals surface area contributed by atoms with E-state index in [-0.39, 0.29) is 22.1 Å². The molecule has 0 spiro atoms. The van der Waals surface area contributed by atoms with E-state index >= 15 is 0 Å². The first kappa shape index (κ1) is 24.5. The SMILES string of the molecule is CCCCOC(=O)c1cc(NC(=O)CN2C(=O)S/C(=C/c3ccc(C)cc3)C2=O)ccc1Cl. The summed E-state index contributed by atoms with van der Waals surface area (Å²) in [6, 6.07) is 11.9. The van der Waals surface area contributed by atoms with Crippen LogP contribution < -0.4 is 5.32 Å². The predicted octanol–water partition coefficient (Wildman–Crippen LogP) is 5.28. The van der Waals surface area contributed by atoms with Crippen LogP contribution in [0.2, 0.25) is 5.02 Å². The summed E-state index contributed by atoms with van der Waals surface area (Å²) in [5.74, 6) is -1.70. The van der Waals surface area contributed by atoms with Crippen molar-refractivity contribution in [2.75, 3.05) is 18.5 Å². The summed E-state index contributed by atoms with van der Waals surface area (Å²) in [7, 11) is 0. The van der Waals surface area contributed by atoms with Gasteiger partial charge in [0.15, 0.2) is 0 Å². The second-order valence-corrected chi connectivity index (χ2v) is 8.81. The summed E-state index contributed by atoms with van der Waals surface area (Å²) >= 11 is 6.87. The second-order valence-electron chi connectivity index (χ2n) is 7.41. The first-order valence-electron chi connectivity index (χ1n) is 10.4. The van der Waals surface area contributed by atoms with Crippen molar-refractivity contribution in [2.45, 2.75) is 26.7 Å². The molecule has 0 saturated carbocycles. The van der Waals surface area contributed by atoms with E-state index in [2.05, 4.69) is 5.32 Å². The summed E-state index contributed by atoms with van der Waals surface area (Å²) in [4.78, 5) is 50.8. The Morgan fingerprint density at radius 2 is 1.88 bits per heavy atom. The highest BCUT2D eigenvalue weighted by Gasteiger charge is 2.36. The Hall–Kier alpha value is -3.10. The van der Waals surface area contributed by atoms with Gasteiger partial charge in [0.25, 0.3) is 11.1 Å². The molecule has 33 heavy (non-hydrogen) atoms. The minimum atomic E-state index is -0.586. The fourth-order valence-electron chi connectivity index (χ4n) is 2.94. The van der Waals surface area contributed by atoms with Crippen LogP contribution in [0.4, 0.5) is 10.5 Å². The lowest BCUT2D eigenvalue weighted by Crippen LogP contribution is -2.36. The van der Waals surface area contributed by atoms with E-state index in [9.17, 15) is 19.2 Å². The van der Waals surface area contributed by atoms with Crippen molar-refractivity contribution >= 4 is 58.1 Å². The molecule has 3 rings (SSSR count). The Kier molecular flexibility index (Phi) is 8.30. The Labute approximate surface area is 201 Å². The molecule has 2 aromatic rings. The summed E-state index contributed by atoms with van der Waals surface area (Å²) in [6.07, 6.45) is 3.24. The number of nitrogens with zero attached hydrogens (tertiary/aromatic N) is 1. The lowest BCUT2D eigenvalue weighted by atomic mass is 10.1. The van der Waals surface area contributed by atoms with Crippen LogP contribution in [0.25, 0.3) is 6.08 Å². The maximum Gasteiger partial charge on any atom is 0.339 e. The first-order chi connectivity index (χ1) is 15.8. The summed E-state index contributed by atoms with van der Waals surface area (Å²) in [5, 5.41) is 2.26. The first-order valence-corrected chi connectivity index (χ1v) is 11.6. The number of benzene rings is 2. The maximum atomic E-state index is 12.6. The van der Waals surface area contributed by atoms with E-state index in [1.807, 2.05) is 38.1 Å².